The van der Waals surface area contributed by atoms with E-state index in [9.17, 15) is 0 Å². The molecule has 0 saturated heterocycles. The second kappa shape index (κ2) is 11.8. The van der Waals surface area contributed by atoms with Crippen LogP contribution in [0.3, 0.4) is 0 Å². The zero-order valence-corrected chi connectivity index (χ0v) is 28.7. The number of nitrogens with zero attached hydrogens (tertiary/aromatic N) is 6. The van der Waals surface area contributed by atoms with Crippen LogP contribution in [-0.4, -0.2) is 30.1 Å². The van der Waals surface area contributed by atoms with Gasteiger partial charge in [0.15, 0.2) is 0 Å². The molecule has 1 aliphatic carbocycles. The molecule has 5 heterocycles. The molecule has 0 fully saturated rings. The Morgan fingerprint density at radius 3 is 2.13 bits per heavy atom. The summed E-state index contributed by atoms with van der Waals surface area (Å²) in [5.74, 6) is 1.70. The van der Waals surface area contributed by atoms with Gasteiger partial charge in [-0.3, -0.25) is 9.55 Å². The maximum atomic E-state index is 5.67. The van der Waals surface area contributed by atoms with Crippen LogP contribution < -0.4 is 4.90 Å². The molecule has 1 aliphatic heterocycles. The minimum atomic E-state index is 0.0207. The van der Waals surface area contributed by atoms with Gasteiger partial charge in [-0.1, -0.05) is 115 Å². The van der Waals surface area contributed by atoms with Crippen molar-refractivity contribution in [1.29, 1.82) is 0 Å². The number of anilines is 2. The van der Waals surface area contributed by atoms with Crippen LogP contribution in [0.1, 0.15) is 11.5 Å². The van der Waals surface area contributed by atoms with Gasteiger partial charge in [0.1, 0.15) is 17.2 Å². The Morgan fingerprint density at radius 2 is 1.30 bits per heavy atom. The van der Waals surface area contributed by atoms with Crippen LogP contribution in [0.4, 0.5) is 11.4 Å². The van der Waals surface area contributed by atoms with E-state index in [1.165, 1.54) is 27.6 Å². The van der Waals surface area contributed by atoms with E-state index in [0.29, 0.717) is 0 Å². The van der Waals surface area contributed by atoms with E-state index in [1.807, 2.05) is 36.8 Å². The lowest BCUT2D eigenvalue weighted by Crippen LogP contribution is -2.29. The van der Waals surface area contributed by atoms with Crippen LogP contribution in [-0.2, 0) is 0 Å². The highest BCUT2D eigenvalue weighted by Crippen LogP contribution is 2.57. The topological polar surface area (TPSA) is 51.8 Å². The fourth-order valence-corrected chi connectivity index (χ4v) is 8.68. The van der Waals surface area contributed by atoms with Gasteiger partial charge in [-0.25, -0.2) is 9.97 Å². The number of aromatic nitrogens is 5. The van der Waals surface area contributed by atoms with Crippen molar-refractivity contribution in [2.45, 2.75) is 12.0 Å². The molecule has 6 heteroatoms. The first-order valence-electron chi connectivity index (χ1n) is 18.0. The minimum Gasteiger partial charge on any atom is -0.331 e. The van der Waals surface area contributed by atoms with Crippen LogP contribution in [0.5, 0.6) is 0 Å². The monoisotopic (exact) mass is 680 g/mol. The number of fused-ring (bicyclic) bond motifs is 10. The highest BCUT2D eigenvalue weighted by Gasteiger charge is 2.44. The maximum absolute atomic E-state index is 5.67. The smallest absolute Gasteiger partial charge is 0.147 e. The summed E-state index contributed by atoms with van der Waals surface area (Å²) in [6, 6.07) is 49.3. The largest absolute Gasteiger partial charge is 0.331 e. The molecule has 11 rings (SSSR count). The first kappa shape index (κ1) is 29.7. The van der Waals surface area contributed by atoms with Crippen molar-refractivity contribution in [3.8, 4) is 34.0 Å². The van der Waals surface area contributed by atoms with Crippen molar-refractivity contribution in [1.82, 2.24) is 24.1 Å². The molecule has 4 aromatic heterocycles. The highest BCUT2D eigenvalue weighted by atomic mass is 15.2. The van der Waals surface area contributed by atoms with Crippen LogP contribution in [0, 0.1) is 0 Å². The zero-order valence-electron chi connectivity index (χ0n) is 28.7. The fraction of sp³-hybridized carbons (Fsp3) is 0.0426. The maximum Gasteiger partial charge on any atom is 0.147 e. The molecular formula is C47H32N6. The van der Waals surface area contributed by atoms with Gasteiger partial charge < -0.3 is 9.47 Å². The van der Waals surface area contributed by atoms with E-state index in [4.69, 9.17) is 9.97 Å². The SMILES string of the molecule is C1=CC2c3c(c4c(nc(-c5ccncc5)n4-c4ccccn4)c4c5ccccc5n(-c5ccccc5)c34)N(c3ccccc3-c3ccccc3)C2C=C1. The predicted molar refractivity (Wildman–Crippen MR) is 215 cm³/mol. The molecule has 9 aromatic rings. The molecule has 0 amide bonds. The van der Waals surface area contributed by atoms with Gasteiger partial charge in [0, 0.05) is 63.3 Å². The normalized spacial score (nSPS) is 16.1. The average Bonchev–Trinajstić information content (AvgIpc) is 3.90. The van der Waals surface area contributed by atoms with Crippen molar-refractivity contribution >= 4 is 44.2 Å². The summed E-state index contributed by atoms with van der Waals surface area (Å²) in [6.45, 7) is 0. The summed E-state index contributed by atoms with van der Waals surface area (Å²) >= 11 is 0. The van der Waals surface area contributed by atoms with E-state index in [-0.39, 0.29) is 12.0 Å². The molecule has 6 nitrogen and oxygen atoms in total. The fourth-order valence-electron chi connectivity index (χ4n) is 8.68. The van der Waals surface area contributed by atoms with Crippen molar-refractivity contribution in [3.63, 3.8) is 0 Å². The number of imidazole rings is 1. The van der Waals surface area contributed by atoms with Crippen molar-refractivity contribution < 1.29 is 0 Å². The third-order valence-corrected chi connectivity index (χ3v) is 10.8. The van der Waals surface area contributed by atoms with Gasteiger partial charge in [-0.2, -0.15) is 0 Å². The molecule has 0 bridgehead atoms. The summed E-state index contributed by atoms with van der Waals surface area (Å²) in [5, 5.41) is 2.31. The molecule has 0 N–H and O–H groups in total. The van der Waals surface area contributed by atoms with Crippen LogP contribution in [0.15, 0.2) is 182 Å². The first-order valence-corrected chi connectivity index (χ1v) is 18.0. The van der Waals surface area contributed by atoms with E-state index < -0.39 is 0 Å². The average molecular weight is 681 g/mol. The second-order valence-corrected chi connectivity index (χ2v) is 13.6. The third kappa shape index (κ3) is 4.36. The summed E-state index contributed by atoms with van der Waals surface area (Å²) in [7, 11) is 0. The van der Waals surface area contributed by atoms with Gasteiger partial charge in [0.25, 0.3) is 0 Å². The number of hydrogen-bond donors (Lipinski definition) is 0. The van der Waals surface area contributed by atoms with Crippen molar-refractivity contribution in [3.05, 3.63) is 188 Å². The van der Waals surface area contributed by atoms with Crippen molar-refractivity contribution in [2.75, 3.05) is 4.90 Å². The Kier molecular flexibility index (Phi) is 6.58. The molecule has 2 unspecified atom stereocenters. The van der Waals surface area contributed by atoms with Gasteiger partial charge >= 0.3 is 0 Å². The quantitative estimate of drug-likeness (QED) is 0.182. The summed E-state index contributed by atoms with van der Waals surface area (Å²) in [6.07, 6.45) is 14.7. The van der Waals surface area contributed by atoms with Gasteiger partial charge in [0.2, 0.25) is 0 Å². The lowest BCUT2D eigenvalue weighted by atomic mass is 9.89. The molecule has 250 valence electrons. The Bertz CT molecular complexity index is 2890. The van der Waals surface area contributed by atoms with E-state index in [1.54, 1.807) is 0 Å². The van der Waals surface area contributed by atoms with Gasteiger partial charge in [-0.05, 0) is 54.1 Å². The Hall–Kier alpha value is -7.05. The lowest BCUT2D eigenvalue weighted by Gasteiger charge is -2.31. The summed E-state index contributed by atoms with van der Waals surface area (Å²) in [5.41, 5.74) is 12.3. The van der Waals surface area contributed by atoms with E-state index >= 15 is 0 Å². The minimum absolute atomic E-state index is 0.0207. The van der Waals surface area contributed by atoms with Crippen LogP contribution in [0.2, 0.25) is 0 Å². The zero-order chi connectivity index (χ0) is 34.9. The molecule has 0 radical (unpaired) electrons. The molecule has 0 spiro atoms. The standard InChI is InChI=1S/C47H32N6/c1-3-15-31(16-4-1)34-19-7-10-22-37(34)52-39-24-12-9-21-36(39)42-44-41(35-20-8-11-23-38(35)51(44)33-17-5-2-6-18-33)43-46(45(42)52)53(40-25-13-14-28-49-40)47(50-43)32-26-29-48-30-27-32/h1-30,36,39H. The van der Waals surface area contributed by atoms with Crippen molar-refractivity contribution in [2.24, 2.45) is 0 Å². The molecule has 2 atom stereocenters. The molecule has 0 saturated carbocycles. The summed E-state index contributed by atoms with van der Waals surface area (Å²) in [4.78, 5) is 17.6. The molecular weight excluding hydrogens is 649 g/mol. The van der Waals surface area contributed by atoms with E-state index in [0.717, 1.165) is 56.2 Å². The third-order valence-electron chi connectivity index (χ3n) is 10.8. The number of allylic oxidation sites excluding steroid dienone is 2. The van der Waals surface area contributed by atoms with Crippen LogP contribution >= 0.6 is 0 Å². The second-order valence-electron chi connectivity index (χ2n) is 13.6. The Labute approximate surface area is 306 Å². The van der Waals surface area contributed by atoms with E-state index in [2.05, 4.69) is 165 Å². The molecule has 2 aliphatic rings. The Morgan fingerprint density at radius 1 is 0.566 bits per heavy atom. The summed E-state index contributed by atoms with van der Waals surface area (Å²) < 4.78 is 4.74. The number of benzene rings is 5. The first-order chi connectivity index (χ1) is 26.4. The Balaban J connectivity index is 1.40. The number of hydrogen-bond acceptors (Lipinski definition) is 4. The number of pyridine rings is 2. The lowest BCUT2D eigenvalue weighted by molar-refractivity contribution is 0.746. The van der Waals surface area contributed by atoms with Gasteiger partial charge in [-0.15, -0.1) is 0 Å². The predicted octanol–water partition coefficient (Wildman–Crippen LogP) is 11.0. The molecule has 53 heavy (non-hydrogen) atoms. The number of rotatable bonds is 5. The van der Waals surface area contributed by atoms with Gasteiger partial charge in [0.05, 0.1) is 28.3 Å². The molecule has 5 aromatic carbocycles. The number of para-hydroxylation sites is 3. The van der Waals surface area contributed by atoms with Crippen LogP contribution in [0.25, 0.3) is 66.9 Å². The highest BCUT2D eigenvalue weighted by molar-refractivity contribution is 6.25.